The topological polar surface area (TPSA) is 17.1 Å². The molecular formula is C6H8O. The summed E-state index contributed by atoms with van der Waals surface area (Å²) in [7, 11) is 0. The highest BCUT2D eigenvalue weighted by atomic mass is 16.1. The minimum absolute atomic E-state index is 0.264. The van der Waals surface area contributed by atoms with Gasteiger partial charge in [-0.25, -0.2) is 0 Å². The Balaban J connectivity index is 2.62. The predicted molar refractivity (Wildman–Crippen MR) is 27.9 cm³/mol. The number of carbonyl (C=O) groups is 1. The van der Waals surface area contributed by atoms with Gasteiger partial charge in [-0.1, -0.05) is 13.0 Å². The van der Waals surface area contributed by atoms with Gasteiger partial charge in [0.2, 0.25) is 0 Å². The molecule has 38 valence electrons. The molecule has 0 N–H and O–H groups in total. The van der Waals surface area contributed by atoms with E-state index < -0.39 is 0 Å². The fourth-order valence-electron chi connectivity index (χ4n) is 0.669. The quantitative estimate of drug-likeness (QED) is 0.442. The van der Waals surface area contributed by atoms with E-state index in [-0.39, 0.29) is 11.7 Å². The molecule has 0 saturated carbocycles. The van der Waals surface area contributed by atoms with Crippen LogP contribution in [0.25, 0.3) is 0 Å². The Morgan fingerprint density at radius 1 is 1.86 bits per heavy atom. The van der Waals surface area contributed by atoms with Crippen molar-refractivity contribution in [1.29, 1.82) is 0 Å². The van der Waals surface area contributed by atoms with Gasteiger partial charge in [-0.3, -0.25) is 4.79 Å². The van der Waals surface area contributed by atoms with E-state index in [0.717, 1.165) is 6.42 Å². The molecule has 0 spiro atoms. The molecule has 7 heavy (non-hydrogen) atoms. The van der Waals surface area contributed by atoms with Crippen molar-refractivity contribution in [2.75, 3.05) is 0 Å². The third-order valence-electron chi connectivity index (χ3n) is 1.26. The Kier molecular flexibility index (Phi) is 0.970. The van der Waals surface area contributed by atoms with Crippen molar-refractivity contribution in [2.45, 2.75) is 13.3 Å². The van der Waals surface area contributed by atoms with Crippen molar-refractivity contribution in [3.05, 3.63) is 12.2 Å². The number of hydrogen-bond acceptors (Lipinski definition) is 1. The van der Waals surface area contributed by atoms with E-state index in [9.17, 15) is 4.79 Å². The molecule has 1 heteroatoms. The largest absolute Gasteiger partial charge is 0.295 e. The molecule has 0 bridgehead atoms. The first-order valence-corrected chi connectivity index (χ1v) is 2.51. The van der Waals surface area contributed by atoms with E-state index in [4.69, 9.17) is 0 Å². The molecule has 1 nitrogen and oxygen atoms in total. The molecule has 1 atom stereocenters. The number of hydrogen-bond donors (Lipinski definition) is 0. The molecule has 0 aromatic carbocycles. The maximum Gasteiger partial charge on any atom is 0.158 e. The van der Waals surface area contributed by atoms with E-state index in [1.807, 2.05) is 13.0 Å². The average Bonchev–Trinajstić information content (AvgIpc) is 1.91. The van der Waals surface area contributed by atoms with Crippen molar-refractivity contribution < 1.29 is 4.79 Å². The normalized spacial score (nSPS) is 29.3. The lowest BCUT2D eigenvalue weighted by molar-refractivity contribution is -0.116. The van der Waals surface area contributed by atoms with Crippen LogP contribution in [0.15, 0.2) is 12.2 Å². The second kappa shape index (κ2) is 1.49. The average molecular weight is 96.1 g/mol. The van der Waals surface area contributed by atoms with Crippen molar-refractivity contribution in [3.8, 4) is 0 Å². The zero-order valence-corrected chi connectivity index (χ0v) is 4.35. The van der Waals surface area contributed by atoms with Crippen LogP contribution in [0.3, 0.4) is 0 Å². The molecule has 1 rings (SSSR count). The summed E-state index contributed by atoms with van der Waals surface area (Å²) in [5, 5.41) is 0. The summed E-state index contributed by atoms with van der Waals surface area (Å²) in [6.07, 6.45) is 4.52. The van der Waals surface area contributed by atoms with Gasteiger partial charge >= 0.3 is 0 Å². The molecule has 0 fully saturated rings. The van der Waals surface area contributed by atoms with Gasteiger partial charge in [0.25, 0.3) is 0 Å². The summed E-state index contributed by atoms with van der Waals surface area (Å²) in [6.45, 7) is 1.95. The van der Waals surface area contributed by atoms with Crippen LogP contribution >= 0.6 is 0 Å². The fraction of sp³-hybridized carbons (Fsp3) is 0.500. The number of allylic oxidation sites excluding steroid dienone is 2. The summed E-state index contributed by atoms with van der Waals surface area (Å²) in [5.41, 5.74) is 0. The van der Waals surface area contributed by atoms with E-state index in [1.165, 1.54) is 0 Å². The van der Waals surface area contributed by atoms with Crippen molar-refractivity contribution in [1.82, 2.24) is 0 Å². The van der Waals surface area contributed by atoms with Crippen LogP contribution in [-0.2, 0) is 4.79 Å². The van der Waals surface area contributed by atoms with E-state index in [2.05, 4.69) is 0 Å². The van der Waals surface area contributed by atoms with E-state index >= 15 is 0 Å². The van der Waals surface area contributed by atoms with Gasteiger partial charge in [0.05, 0.1) is 0 Å². The third-order valence-corrected chi connectivity index (χ3v) is 1.26. The molecule has 0 aliphatic heterocycles. The lowest BCUT2D eigenvalue weighted by Crippen LogP contribution is -1.98. The van der Waals surface area contributed by atoms with Gasteiger partial charge in [0.1, 0.15) is 0 Å². The Morgan fingerprint density at radius 3 is 2.71 bits per heavy atom. The first kappa shape index (κ1) is 4.57. The third kappa shape index (κ3) is 0.710. The summed E-state index contributed by atoms with van der Waals surface area (Å²) in [4.78, 5) is 10.5. The number of rotatable bonds is 0. The molecule has 0 unspecified atom stereocenters. The number of carbonyl (C=O) groups excluding carboxylic acids is 1. The van der Waals surface area contributed by atoms with Crippen LogP contribution in [0.2, 0.25) is 0 Å². The Hall–Kier alpha value is -0.590. The van der Waals surface area contributed by atoms with Crippen molar-refractivity contribution in [2.24, 2.45) is 5.92 Å². The zero-order valence-electron chi connectivity index (χ0n) is 4.35. The smallest absolute Gasteiger partial charge is 0.158 e. The second-order valence-corrected chi connectivity index (χ2v) is 1.94. The minimum Gasteiger partial charge on any atom is -0.295 e. The minimum atomic E-state index is 0.264. The number of ketones is 1. The van der Waals surface area contributed by atoms with Gasteiger partial charge in [-0.15, -0.1) is 0 Å². The SMILES string of the molecule is C[C@@H]1CC=CC1=O. The van der Waals surface area contributed by atoms with Gasteiger partial charge in [-0.05, 0) is 12.5 Å². The zero-order chi connectivity index (χ0) is 5.28. The van der Waals surface area contributed by atoms with Crippen LogP contribution in [0, 0.1) is 5.92 Å². The molecule has 0 aromatic rings. The Morgan fingerprint density at radius 2 is 2.57 bits per heavy atom. The molecule has 0 aromatic heterocycles. The van der Waals surface area contributed by atoms with Crippen LogP contribution in [0.4, 0.5) is 0 Å². The van der Waals surface area contributed by atoms with E-state index in [1.54, 1.807) is 6.08 Å². The highest BCUT2D eigenvalue weighted by molar-refractivity contribution is 5.93. The summed E-state index contributed by atoms with van der Waals surface area (Å²) in [6, 6.07) is 0. The summed E-state index contributed by atoms with van der Waals surface area (Å²) < 4.78 is 0. The van der Waals surface area contributed by atoms with Crippen LogP contribution in [0.1, 0.15) is 13.3 Å². The second-order valence-electron chi connectivity index (χ2n) is 1.94. The highest BCUT2D eigenvalue weighted by Crippen LogP contribution is 2.11. The molecule has 0 amide bonds. The summed E-state index contributed by atoms with van der Waals surface area (Å²) in [5.74, 6) is 0.542. The van der Waals surface area contributed by atoms with Crippen molar-refractivity contribution in [3.63, 3.8) is 0 Å². The Bertz CT molecular complexity index is 113. The first-order chi connectivity index (χ1) is 3.30. The maximum absolute atomic E-state index is 10.5. The molecule has 0 saturated heterocycles. The lowest BCUT2D eigenvalue weighted by atomic mass is 10.1. The Labute approximate surface area is 43.0 Å². The standard InChI is InChI=1S/C6H8O/c1-5-3-2-4-6(5)7/h2,4-5H,3H2,1H3/t5-/m1/s1. The first-order valence-electron chi connectivity index (χ1n) is 2.51. The monoisotopic (exact) mass is 96.1 g/mol. The summed E-state index contributed by atoms with van der Waals surface area (Å²) >= 11 is 0. The maximum atomic E-state index is 10.5. The van der Waals surface area contributed by atoms with Gasteiger partial charge in [0, 0.05) is 5.92 Å². The van der Waals surface area contributed by atoms with E-state index in [0.29, 0.717) is 0 Å². The lowest BCUT2D eigenvalue weighted by Gasteiger charge is -1.91. The molecule has 1 aliphatic carbocycles. The molecular weight excluding hydrogens is 88.1 g/mol. The van der Waals surface area contributed by atoms with Crippen LogP contribution < -0.4 is 0 Å². The van der Waals surface area contributed by atoms with Gasteiger partial charge in [0.15, 0.2) is 5.78 Å². The molecule has 0 heterocycles. The molecule has 1 aliphatic rings. The van der Waals surface area contributed by atoms with Crippen molar-refractivity contribution >= 4 is 5.78 Å². The molecule has 0 radical (unpaired) electrons. The van der Waals surface area contributed by atoms with Crippen LogP contribution in [-0.4, -0.2) is 5.78 Å². The van der Waals surface area contributed by atoms with Gasteiger partial charge in [-0.2, -0.15) is 0 Å². The fourth-order valence-corrected chi connectivity index (χ4v) is 0.669. The van der Waals surface area contributed by atoms with Crippen LogP contribution in [0.5, 0.6) is 0 Å². The predicted octanol–water partition coefficient (Wildman–Crippen LogP) is 1.15. The highest BCUT2D eigenvalue weighted by Gasteiger charge is 2.11. The van der Waals surface area contributed by atoms with Gasteiger partial charge < -0.3 is 0 Å².